The van der Waals surface area contributed by atoms with Gasteiger partial charge in [-0.05, 0) is 29.1 Å². The van der Waals surface area contributed by atoms with Crippen LogP contribution in [0.1, 0.15) is 0 Å². The molecule has 3 rings (SSSR count). The molecule has 0 N–H and O–H groups in total. The van der Waals surface area contributed by atoms with Crippen molar-refractivity contribution in [1.82, 2.24) is 0 Å². The van der Waals surface area contributed by atoms with E-state index in [0.29, 0.717) is 17.9 Å². The third-order valence-corrected chi connectivity index (χ3v) is 3.98. The van der Waals surface area contributed by atoms with Gasteiger partial charge in [0, 0.05) is 5.56 Å². The van der Waals surface area contributed by atoms with E-state index in [-0.39, 0.29) is 23.3 Å². The minimum absolute atomic E-state index is 0.0166. The highest BCUT2D eigenvalue weighted by molar-refractivity contribution is 5.90. The minimum atomic E-state index is -1.28. The fourth-order valence-corrected chi connectivity index (χ4v) is 2.72. The predicted octanol–water partition coefficient (Wildman–Crippen LogP) is 6.05. The molecule has 2 nitrogen and oxygen atoms in total. The van der Waals surface area contributed by atoms with Crippen LogP contribution < -0.4 is 9.47 Å². The lowest BCUT2D eigenvalue weighted by Gasteiger charge is -2.12. The molecule has 0 aliphatic heterocycles. The van der Waals surface area contributed by atoms with Gasteiger partial charge in [0.25, 0.3) is 0 Å². The summed E-state index contributed by atoms with van der Waals surface area (Å²) in [6.45, 7) is 7.39. The molecular formula is C22H17F3O2. The lowest BCUT2D eigenvalue weighted by molar-refractivity contribution is 0.334. The van der Waals surface area contributed by atoms with Crippen LogP contribution in [0.5, 0.6) is 11.5 Å². The van der Waals surface area contributed by atoms with E-state index in [0.717, 1.165) is 0 Å². The fourth-order valence-electron chi connectivity index (χ4n) is 2.72. The van der Waals surface area contributed by atoms with Gasteiger partial charge >= 0.3 is 0 Å². The first-order chi connectivity index (χ1) is 13.1. The van der Waals surface area contributed by atoms with E-state index < -0.39 is 22.8 Å². The zero-order valence-electron chi connectivity index (χ0n) is 14.5. The van der Waals surface area contributed by atoms with Crippen molar-refractivity contribution in [1.29, 1.82) is 0 Å². The van der Waals surface area contributed by atoms with Crippen LogP contribution in [-0.2, 0) is 0 Å². The monoisotopic (exact) mass is 370 g/mol. The van der Waals surface area contributed by atoms with Crippen LogP contribution in [0.25, 0.3) is 21.9 Å². The van der Waals surface area contributed by atoms with Crippen molar-refractivity contribution in [3.05, 3.63) is 85.2 Å². The van der Waals surface area contributed by atoms with Crippen molar-refractivity contribution < 1.29 is 22.6 Å². The maximum atomic E-state index is 15.0. The van der Waals surface area contributed by atoms with Gasteiger partial charge in [-0.2, -0.15) is 4.39 Å². The number of hydrogen-bond donors (Lipinski definition) is 0. The second kappa shape index (κ2) is 7.99. The van der Waals surface area contributed by atoms with Crippen LogP contribution >= 0.6 is 0 Å². The quantitative estimate of drug-likeness (QED) is 0.471. The molecule has 0 heterocycles. The molecule has 0 atom stereocenters. The summed E-state index contributed by atoms with van der Waals surface area (Å²) in [5.74, 6) is -3.03. The Hall–Kier alpha value is -3.21. The van der Waals surface area contributed by atoms with E-state index in [1.807, 2.05) is 0 Å². The molecule has 0 aliphatic rings. The summed E-state index contributed by atoms with van der Waals surface area (Å²) >= 11 is 0. The summed E-state index contributed by atoms with van der Waals surface area (Å²) in [6, 6.07) is 11.0. The summed E-state index contributed by atoms with van der Waals surface area (Å²) in [4.78, 5) is 0. The van der Waals surface area contributed by atoms with E-state index in [9.17, 15) is 13.2 Å². The zero-order chi connectivity index (χ0) is 19.4. The fraction of sp³-hybridized carbons (Fsp3) is 0.0909. The molecular weight excluding hydrogens is 353 g/mol. The number of benzene rings is 3. The molecule has 0 saturated carbocycles. The van der Waals surface area contributed by atoms with Gasteiger partial charge in [0.1, 0.15) is 24.8 Å². The van der Waals surface area contributed by atoms with Crippen molar-refractivity contribution in [2.24, 2.45) is 0 Å². The van der Waals surface area contributed by atoms with Gasteiger partial charge in [-0.25, -0.2) is 8.78 Å². The summed E-state index contributed by atoms with van der Waals surface area (Å²) < 4.78 is 54.2. The van der Waals surface area contributed by atoms with Crippen LogP contribution in [0.3, 0.4) is 0 Å². The summed E-state index contributed by atoms with van der Waals surface area (Å²) in [5.41, 5.74) is 0.683. The molecule has 0 saturated heterocycles. The number of halogens is 3. The maximum absolute atomic E-state index is 15.0. The van der Waals surface area contributed by atoms with E-state index in [4.69, 9.17) is 9.47 Å². The van der Waals surface area contributed by atoms with Crippen LogP contribution in [0.15, 0.2) is 67.8 Å². The Balaban J connectivity index is 2.05. The molecule has 0 unspecified atom stereocenters. The summed E-state index contributed by atoms with van der Waals surface area (Å²) in [5, 5.41) is -0.205. The molecule has 0 spiro atoms. The predicted molar refractivity (Wildman–Crippen MR) is 101 cm³/mol. The van der Waals surface area contributed by atoms with Gasteiger partial charge in [0.2, 0.25) is 5.82 Å². The van der Waals surface area contributed by atoms with Crippen molar-refractivity contribution >= 4 is 10.8 Å². The van der Waals surface area contributed by atoms with Gasteiger partial charge in [-0.3, -0.25) is 0 Å². The largest absolute Gasteiger partial charge is 0.490 e. The van der Waals surface area contributed by atoms with Gasteiger partial charge in [0.15, 0.2) is 11.6 Å². The van der Waals surface area contributed by atoms with E-state index in [1.54, 1.807) is 30.3 Å². The summed E-state index contributed by atoms with van der Waals surface area (Å²) in [7, 11) is 0. The van der Waals surface area contributed by atoms with Gasteiger partial charge in [0.05, 0.1) is 5.39 Å². The zero-order valence-corrected chi connectivity index (χ0v) is 14.5. The topological polar surface area (TPSA) is 18.5 Å². The Morgan fingerprint density at radius 1 is 0.778 bits per heavy atom. The highest BCUT2D eigenvalue weighted by Crippen LogP contribution is 2.35. The Kier molecular flexibility index (Phi) is 5.50. The first kappa shape index (κ1) is 18.6. The molecule has 0 aromatic heterocycles. The standard InChI is InChI=1S/C22H17F3O2/c1-3-11-26-16-8-5-14(6-9-16)17-10-7-15-13-18(27-12-4-2)21(24)22(25)19(15)20(17)23/h3-10,13H,1-2,11-12H2. The highest BCUT2D eigenvalue weighted by Gasteiger charge is 2.20. The lowest BCUT2D eigenvalue weighted by atomic mass is 9.99. The summed E-state index contributed by atoms with van der Waals surface area (Å²) in [6.07, 6.45) is 3.02. The van der Waals surface area contributed by atoms with Gasteiger partial charge in [-0.15, -0.1) is 0 Å². The minimum Gasteiger partial charge on any atom is -0.490 e. The maximum Gasteiger partial charge on any atom is 0.201 e. The van der Waals surface area contributed by atoms with Crippen molar-refractivity contribution in [2.75, 3.05) is 13.2 Å². The third kappa shape index (κ3) is 3.67. The molecule has 138 valence electrons. The highest BCUT2D eigenvalue weighted by atomic mass is 19.2. The van der Waals surface area contributed by atoms with Crippen LogP contribution in [0.2, 0.25) is 0 Å². The molecule has 0 fully saturated rings. The molecule has 27 heavy (non-hydrogen) atoms. The van der Waals surface area contributed by atoms with E-state index >= 15 is 0 Å². The first-order valence-corrected chi connectivity index (χ1v) is 8.24. The van der Waals surface area contributed by atoms with Crippen molar-refractivity contribution in [3.8, 4) is 22.6 Å². The number of fused-ring (bicyclic) bond motifs is 1. The van der Waals surface area contributed by atoms with Crippen LogP contribution in [0, 0.1) is 17.5 Å². The molecule has 0 aliphatic carbocycles. The second-order valence-corrected chi connectivity index (χ2v) is 5.75. The van der Waals surface area contributed by atoms with Crippen molar-refractivity contribution in [3.63, 3.8) is 0 Å². The number of hydrogen-bond acceptors (Lipinski definition) is 2. The van der Waals surface area contributed by atoms with E-state index in [2.05, 4.69) is 13.2 Å². The van der Waals surface area contributed by atoms with Crippen LogP contribution in [-0.4, -0.2) is 13.2 Å². The van der Waals surface area contributed by atoms with Crippen molar-refractivity contribution in [2.45, 2.75) is 0 Å². The number of ether oxygens (including phenoxy) is 2. The van der Waals surface area contributed by atoms with Crippen LogP contribution in [0.4, 0.5) is 13.2 Å². The average molecular weight is 370 g/mol. The molecule has 0 radical (unpaired) electrons. The normalized spacial score (nSPS) is 10.6. The van der Waals surface area contributed by atoms with Gasteiger partial charge < -0.3 is 9.47 Å². The molecule has 0 bridgehead atoms. The Morgan fingerprint density at radius 3 is 2.11 bits per heavy atom. The Labute approximate surface area is 155 Å². The molecule has 3 aromatic rings. The lowest BCUT2D eigenvalue weighted by Crippen LogP contribution is -2.00. The second-order valence-electron chi connectivity index (χ2n) is 5.75. The Bertz CT molecular complexity index is 995. The number of rotatable bonds is 7. The average Bonchev–Trinajstić information content (AvgIpc) is 2.68. The SMILES string of the molecule is C=CCOc1ccc(-c2ccc3cc(OCC=C)c(F)c(F)c3c2F)cc1. The first-order valence-electron chi connectivity index (χ1n) is 8.24. The van der Waals surface area contributed by atoms with E-state index in [1.165, 1.54) is 24.3 Å². The smallest absolute Gasteiger partial charge is 0.201 e. The third-order valence-electron chi connectivity index (χ3n) is 3.98. The molecule has 5 heteroatoms. The Morgan fingerprint density at radius 2 is 1.44 bits per heavy atom. The van der Waals surface area contributed by atoms with Gasteiger partial charge in [-0.1, -0.05) is 49.6 Å². The molecule has 0 amide bonds. The molecule has 3 aromatic carbocycles.